The molecular formula is C14H14ClNO3S. The van der Waals surface area contributed by atoms with Crippen LogP contribution in [-0.2, 0) is 4.74 Å². The summed E-state index contributed by atoms with van der Waals surface area (Å²) in [7, 11) is 0. The van der Waals surface area contributed by atoms with E-state index in [2.05, 4.69) is 6.58 Å². The molecule has 0 saturated carbocycles. The summed E-state index contributed by atoms with van der Waals surface area (Å²) in [5.74, 6) is 0.351. The lowest BCUT2D eigenvalue weighted by Crippen LogP contribution is -2.40. The van der Waals surface area contributed by atoms with Gasteiger partial charge in [0.2, 0.25) is 0 Å². The number of hydrogen-bond donors (Lipinski definition) is 0. The molecule has 0 N–H and O–H groups in total. The highest BCUT2D eigenvalue weighted by Gasteiger charge is 2.56. The Labute approximate surface area is 126 Å². The van der Waals surface area contributed by atoms with E-state index in [4.69, 9.17) is 16.3 Å². The molecule has 6 heteroatoms. The van der Waals surface area contributed by atoms with Gasteiger partial charge in [0.1, 0.15) is 0 Å². The number of rotatable bonds is 4. The lowest BCUT2D eigenvalue weighted by atomic mass is 9.85. The summed E-state index contributed by atoms with van der Waals surface area (Å²) in [6.07, 6.45) is 1.96. The van der Waals surface area contributed by atoms with E-state index >= 15 is 0 Å². The Morgan fingerprint density at radius 2 is 2.25 bits per heavy atom. The van der Waals surface area contributed by atoms with E-state index in [0.717, 1.165) is 18.4 Å². The Balaban J connectivity index is 1.97. The third kappa shape index (κ3) is 1.96. The number of halogens is 1. The number of para-hydroxylation sites is 1. The van der Waals surface area contributed by atoms with Gasteiger partial charge in [0.05, 0.1) is 26.8 Å². The van der Waals surface area contributed by atoms with Gasteiger partial charge in [-0.2, -0.15) is 0 Å². The molecule has 0 radical (unpaired) electrons. The van der Waals surface area contributed by atoms with Gasteiger partial charge in [-0.15, -0.1) is 23.4 Å². The van der Waals surface area contributed by atoms with Crippen LogP contribution in [0.2, 0.25) is 0 Å². The molecule has 2 fully saturated rings. The molecule has 106 valence electrons. The number of fused-ring (bicyclic) bond motifs is 2. The Kier molecular flexibility index (Phi) is 3.52. The second kappa shape index (κ2) is 5.06. The van der Waals surface area contributed by atoms with E-state index in [1.54, 1.807) is 18.2 Å². The van der Waals surface area contributed by atoms with Gasteiger partial charge in [-0.25, -0.2) is 0 Å². The fourth-order valence-electron chi connectivity index (χ4n) is 2.94. The first-order valence-electron chi connectivity index (χ1n) is 6.41. The minimum absolute atomic E-state index is 0.00214. The molecule has 3 atom stereocenters. The topological polar surface area (TPSA) is 52.4 Å². The van der Waals surface area contributed by atoms with Gasteiger partial charge >= 0.3 is 0 Å². The quantitative estimate of drug-likeness (QED) is 0.367. The highest BCUT2D eigenvalue weighted by Crippen LogP contribution is 2.56. The molecule has 1 aromatic rings. The van der Waals surface area contributed by atoms with Gasteiger partial charge in [0, 0.05) is 11.9 Å². The summed E-state index contributed by atoms with van der Waals surface area (Å²) in [6.45, 7) is 4.13. The first-order chi connectivity index (χ1) is 9.58. The largest absolute Gasteiger partial charge is 0.369 e. The second-order valence-corrected chi connectivity index (χ2v) is 6.71. The molecule has 0 aliphatic carbocycles. The predicted octanol–water partition coefficient (Wildman–Crippen LogP) is 3.78. The van der Waals surface area contributed by atoms with Crippen molar-refractivity contribution >= 4 is 29.1 Å². The molecule has 2 saturated heterocycles. The van der Waals surface area contributed by atoms with Crippen LogP contribution >= 0.6 is 23.4 Å². The van der Waals surface area contributed by atoms with E-state index in [0.29, 0.717) is 10.8 Å². The minimum atomic E-state index is -0.448. The Hall–Kier alpha value is -1.04. The first-order valence-corrected chi connectivity index (χ1v) is 7.76. The molecule has 2 heterocycles. The maximum absolute atomic E-state index is 11.1. The highest BCUT2D eigenvalue weighted by molar-refractivity contribution is 8.01. The van der Waals surface area contributed by atoms with Crippen LogP contribution in [0.1, 0.15) is 12.8 Å². The maximum atomic E-state index is 11.1. The number of nitro groups is 1. The molecule has 0 aromatic heterocycles. The molecule has 20 heavy (non-hydrogen) atoms. The third-order valence-corrected chi connectivity index (χ3v) is 6.20. The van der Waals surface area contributed by atoms with Crippen molar-refractivity contribution < 1.29 is 9.66 Å². The van der Waals surface area contributed by atoms with Crippen LogP contribution in [0, 0.1) is 10.1 Å². The van der Waals surface area contributed by atoms with E-state index < -0.39 is 4.75 Å². The Morgan fingerprint density at radius 3 is 2.85 bits per heavy atom. The van der Waals surface area contributed by atoms with Crippen molar-refractivity contribution in [1.82, 2.24) is 0 Å². The average Bonchev–Trinajstić information content (AvgIpc) is 3.02. The minimum Gasteiger partial charge on any atom is -0.369 e. The van der Waals surface area contributed by atoms with E-state index in [9.17, 15) is 10.1 Å². The van der Waals surface area contributed by atoms with E-state index in [1.165, 1.54) is 17.8 Å². The molecule has 2 aliphatic heterocycles. The van der Waals surface area contributed by atoms with Crippen molar-refractivity contribution in [1.29, 1.82) is 0 Å². The molecule has 0 spiro atoms. The van der Waals surface area contributed by atoms with Crippen LogP contribution in [0.5, 0.6) is 0 Å². The summed E-state index contributed by atoms with van der Waals surface area (Å²) in [6, 6.07) is 6.74. The summed E-state index contributed by atoms with van der Waals surface area (Å²) in [5, 5.41) is 11.1. The zero-order valence-corrected chi connectivity index (χ0v) is 12.3. The lowest BCUT2D eigenvalue weighted by Gasteiger charge is -2.34. The number of nitro benzene ring substituents is 1. The number of nitrogens with zero attached hydrogens (tertiary/aromatic N) is 1. The van der Waals surface area contributed by atoms with Gasteiger partial charge in [0.15, 0.2) is 0 Å². The number of hydrogen-bond acceptors (Lipinski definition) is 4. The Morgan fingerprint density at radius 1 is 1.50 bits per heavy atom. The van der Waals surface area contributed by atoms with Crippen LogP contribution in [0.25, 0.3) is 0 Å². The molecule has 3 rings (SSSR count). The summed E-state index contributed by atoms with van der Waals surface area (Å²) < 4.78 is 5.44. The molecule has 2 aliphatic rings. The van der Waals surface area contributed by atoms with Crippen LogP contribution in [0.4, 0.5) is 5.69 Å². The Bertz CT molecular complexity index is 579. The van der Waals surface area contributed by atoms with Crippen LogP contribution < -0.4 is 0 Å². The molecule has 0 amide bonds. The lowest BCUT2D eigenvalue weighted by molar-refractivity contribution is -0.387. The molecule has 0 unspecified atom stereocenters. The third-order valence-electron chi connectivity index (χ3n) is 4.02. The fraction of sp³-hybridized carbons (Fsp3) is 0.429. The highest BCUT2D eigenvalue weighted by atomic mass is 35.5. The molecular weight excluding hydrogens is 298 g/mol. The smallest absolute Gasteiger partial charge is 0.282 e. The molecule has 4 nitrogen and oxygen atoms in total. The van der Waals surface area contributed by atoms with Gasteiger partial charge < -0.3 is 4.74 Å². The van der Waals surface area contributed by atoms with Crippen LogP contribution in [0.15, 0.2) is 41.3 Å². The second-order valence-electron chi connectivity index (χ2n) is 5.07. The number of alkyl halides is 1. The van der Waals surface area contributed by atoms with Gasteiger partial charge in [-0.05, 0) is 24.5 Å². The number of thioether (sulfide) groups is 1. The van der Waals surface area contributed by atoms with Crippen molar-refractivity contribution in [2.24, 2.45) is 0 Å². The van der Waals surface area contributed by atoms with Crippen LogP contribution in [-0.4, -0.2) is 27.8 Å². The van der Waals surface area contributed by atoms with Crippen molar-refractivity contribution in [3.05, 3.63) is 46.5 Å². The average molecular weight is 312 g/mol. The monoisotopic (exact) mass is 311 g/mol. The van der Waals surface area contributed by atoms with Gasteiger partial charge in [0.25, 0.3) is 5.69 Å². The van der Waals surface area contributed by atoms with E-state index in [-0.39, 0.29) is 22.8 Å². The first kappa shape index (κ1) is 13.9. The molecule has 1 aromatic carbocycles. The summed E-state index contributed by atoms with van der Waals surface area (Å²) in [5.41, 5.74) is 1.07. The maximum Gasteiger partial charge on any atom is 0.282 e. The zero-order chi connectivity index (χ0) is 14.3. The number of benzene rings is 1. The van der Waals surface area contributed by atoms with Crippen LogP contribution in [0.3, 0.4) is 0 Å². The molecule has 2 bridgehead atoms. The SMILES string of the molecule is C=C1[C@@H]2CC[C@@H](O2)[C@@]1(CCl)Sc1ccccc1[N+](=O)[O-]. The predicted molar refractivity (Wildman–Crippen MR) is 79.4 cm³/mol. The van der Waals surface area contributed by atoms with Crippen molar-refractivity contribution in [2.75, 3.05) is 5.88 Å². The zero-order valence-electron chi connectivity index (χ0n) is 10.8. The normalized spacial score (nSPS) is 31.8. The standard InChI is InChI=1S/C14H14ClNO3S/c1-9-11-6-7-13(19-11)14(9,8-15)20-12-5-3-2-4-10(12)16(17)18/h2-5,11,13H,1,6-8H2/t11-,13+,14-/m0/s1. The van der Waals surface area contributed by atoms with E-state index in [1.807, 2.05) is 0 Å². The summed E-state index contributed by atoms with van der Waals surface area (Å²) in [4.78, 5) is 11.4. The van der Waals surface area contributed by atoms with Crippen molar-refractivity contribution in [3.8, 4) is 0 Å². The van der Waals surface area contributed by atoms with Crippen molar-refractivity contribution in [2.45, 2.75) is 34.7 Å². The summed E-state index contributed by atoms with van der Waals surface area (Å²) >= 11 is 7.63. The van der Waals surface area contributed by atoms with Gasteiger partial charge in [-0.3, -0.25) is 10.1 Å². The number of ether oxygens (including phenoxy) is 1. The fourth-order valence-corrected chi connectivity index (χ4v) is 4.85. The van der Waals surface area contributed by atoms with Crippen molar-refractivity contribution in [3.63, 3.8) is 0 Å². The van der Waals surface area contributed by atoms with Gasteiger partial charge in [-0.1, -0.05) is 18.7 Å².